The SMILES string of the molecule is COC[C@@H]1C[C@@H](N2Cc3c(C#N)cc(-c4cccc(OC(F)(F)F)c4)cc3C2=O)CN1C#N. The molecule has 33 heavy (non-hydrogen) atoms. The van der Waals surface area contributed by atoms with E-state index in [0.29, 0.717) is 41.8 Å². The fourth-order valence-corrected chi connectivity index (χ4v) is 4.45. The van der Waals surface area contributed by atoms with Gasteiger partial charge in [-0.05, 0) is 41.8 Å². The van der Waals surface area contributed by atoms with Gasteiger partial charge in [0.15, 0.2) is 6.19 Å². The molecular formula is C23H19F3N4O3. The maximum absolute atomic E-state index is 13.3. The summed E-state index contributed by atoms with van der Waals surface area (Å²) in [6.07, 6.45) is -2.13. The smallest absolute Gasteiger partial charge is 0.406 e. The van der Waals surface area contributed by atoms with E-state index in [0.717, 1.165) is 0 Å². The number of hydrogen-bond acceptors (Lipinski definition) is 6. The highest BCUT2D eigenvalue weighted by atomic mass is 19.4. The maximum Gasteiger partial charge on any atom is 0.573 e. The van der Waals surface area contributed by atoms with E-state index >= 15 is 0 Å². The number of hydrogen-bond donors (Lipinski definition) is 0. The molecule has 0 N–H and O–H groups in total. The minimum Gasteiger partial charge on any atom is -0.406 e. The van der Waals surface area contributed by atoms with Crippen molar-refractivity contribution in [3.63, 3.8) is 0 Å². The van der Waals surface area contributed by atoms with Gasteiger partial charge in [-0.3, -0.25) is 4.79 Å². The summed E-state index contributed by atoms with van der Waals surface area (Å²) in [5.41, 5.74) is 2.02. The molecule has 2 aliphatic rings. The van der Waals surface area contributed by atoms with Crippen LogP contribution in [0.25, 0.3) is 11.1 Å². The van der Waals surface area contributed by atoms with Crippen molar-refractivity contribution < 1.29 is 27.4 Å². The van der Waals surface area contributed by atoms with Gasteiger partial charge in [-0.1, -0.05) is 12.1 Å². The lowest BCUT2D eigenvalue weighted by Crippen LogP contribution is -2.37. The van der Waals surface area contributed by atoms with Crippen LogP contribution in [0.1, 0.15) is 27.9 Å². The van der Waals surface area contributed by atoms with Crippen molar-refractivity contribution in [3.8, 4) is 29.1 Å². The lowest BCUT2D eigenvalue weighted by atomic mass is 9.96. The van der Waals surface area contributed by atoms with Crippen LogP contribution >= 0.6 is 0 Å². The van der Waals surface area contributed by atoms with Crippen LogP contribution in [0.2, 0.25) is 0 Å². The molecule has 0 aromatic heterocycles. The highest BCUT2D eigenvalue weighted by molar-refractivity contribution is 6.00. The molecule has 2 heterocycles. The topological polar surface area (TPSA) is 89.6 Å². The Morgan fingerprint density at radius 2 is 1.97 bits per heavy atom. The molecule has 0 aliphatic carbocycles. The Balaban J connectivity index is 1.64. The molecule has 0 spiro atoms. The summed E-state index contributed by atoms with van der Waals surface area (Å²) in [6, 6.07) is 10.3. The van der Waals surface area contributed by atoms with Crippen LogP contribution in [0, 0.1) is 22.8 Å². The molecule has 0 saturated carbocycles. The van der Waals surface area contributed by atoms with Gasteiger partial charge in [0.25, 0.3) is 5.91 Å². The second-order valence-electron chi connectivity index (χ2n) is 7.92. The van der Waals surface area contributed by atoms with E-state index in [-0.39, 0.29) is 30.1 Å². The number of ether oxygens (including phenoxy) is 2. The molecule has 2 aromatic rings. The van der Waals surface area contributed by atoms with Gasteiger partial charge in [-0.25, -0.2) is 0 Å². The van der Waals surface area contributed by atoms with E-state index in [1.165, 1.54) is 18.2 Å². The Hall–Kier alpha value is -3.76. The van der Waals surface area contributed by atoms with Gasteiger partial charge in [0, 0.05) is 31.3 Å². The molecule has 10 heteroatoms. The Morgan fingerprint density at radius 1 is 1.18 bits per heavy atom. The van der Waals surface area contributed by atoms with E-state index in [1.807, 2.05) is 0 Å². The summed E-state index contributed by atoms with van der Waals surface area (Å²) < 4.78 is 47.0. The van der Waals surface area contributed by atoms with Crippen molar-refractivity contribution in [1.82, 2.24) is 9.80 Å². The molecule has 1 fully saturated rings. The summed E-state index contributed by atoms with van der Waals surface area (Å²) >= 11 is 0. The summed E-state index contributed by atoms with van der Waals surface area (Å²) in [4.78, 5) is 16.5. The molecule has 7 nitrogen and oxygen atoms in total. The fraction of sp³-hybridized carbons (Fsp3) is 0.348. The zero-order valence-corrected chi connectivity index (χ0v) is 17.6. The van der Waals surface area contributed by atoms with Gasteiger partial charge in [0.05, 0.1) is 30.3 Å². The molecule has 1 amide bonds. The van der Waals surface area contributed by atoms with Crippen molar-refractivity contribution in [3.05, 3.63) is 53.1 Å². The van der Waals surface area contributed by atoms with Crippen LogP contribution in [0.15, 0.2) is 36.4 Å². The predicted molar refractivity (Wildman–Crippen MR) is 110 cm³/mol. The summed E-state index contributed by atoms with van der Waals surface area (Å²) in [7, 11) is 1.55. The number of nitriles is 2. The van der Waals surface area contributed by atoms with Gasteiger partial charge < -0.3 is 19.3 Å². The first-order valence-electron chi connectivity index (χ1n) is 10.1. The molecule has 170 valence electrons. The van der Waals surface area contributed by atoms with E-state index < -0.39 is 12.1 Å². The molecule has 2 aliphatic heterocycles. The van der Waals surface area contributed by atoms with Crippen LogP contribution in [0.3, 0.4) is 0 Å². The lowest BCUT2D eigenvalue weighted by Gasteiger charge is -2.23. The molecule has 0 unspecified atom stereocenters. The Morgan fingerprint density at radius 3 is 2.64 bits per heavy atom. The van der Waals surface area contributed by atoms with Crippen molar-refractivity contribution in [1.29, 1.82) is 10.5 Å². The Labute approximate surface area is 188 Å². The third kappa shape index (κ3) is 4.43. The van der Waals surface area contributed by atoms with Crippen LogP contribution in [-0.4, -0.2) is 54.4 Å². The van der Waals surface area contributed by atoms with E-state index in [9.17, 15) is 28.5 Å². The van der Waals surface area contributed by atoms with E-state index in [1.54, 1.807) is 35.1 Å². The number of likely N-dealkylation sites (tertiary alicyclic amines) is 1. The second-order valence-corrected chi connectivity index (χ2v) is 7.92. The Kier molecular flexibility index (Phi) is 5.88. The number of alkyl halides is 3. The zero-order valence-electron chi connectivity index (χ0n) is 17.6. The molecular weight excluding hydrogens is 437 g/mol. The number of carbonyl (C=O) groups is 1. The first kappa shape index (κ1) is 22.4. The number of rotatable bonds is 5. The number of amides is 1. The number of nitrogens with zero attached hydrogens (tertiary/aromatic N) is 4. The number of benzene rings is 2. The molecule has 2 atom stereocenters. The summed E-state index contributed by atoms with van der Waals surface area (Å²) in [5, 5.41) is 19.1. The number of carbonyl (C=O) groups excluding carboxylic acids is 1. The van der Waals surface area contributed by atoms with Gasteiger partial charge in [0.2, 0.25) is 0 Å². The number of methoxy groups -OCH3 is 1. The van der Waals surface area contributed by atoms with Crippen LogP contribution in [-0.2, 0) is 11.3 Å². The van der Waals surface area contributed by atoms with Crippen LogP contribution in [0.5, 0.6) is 5.75 Å². The highest BCUT2D eigenvalue weighted by Gasteiger charge is 2.41. The summed E-state index contributed by atoms with van der Waals surface area (Å²) in [6.45, 7) is 0.969. The highest BCUT2D eigenvalue weighted by Crippen LogP contribution is 2.36. The lowest BCUT2D eigenvalue weighted by molar-refractivity contribution is -0.274. The molecule has 4 rings (SSSR count). The van der Waals surface area contributed by atoms with E-state index in [4.69, 9.17) is 4.74 Å². The minimum absolute atomic E-state index is 0.135. The van der Waals surface area contributed by atoms with E-state index in [2.05, 4.69) is 17.0 Å². The maximum atomic E-state index is 13.3. The van der Waals surface area contributed by atoms with Crippen LogP contribution in [0.4, 0.5) is 13.2 Å². The monoisotopic (exact) mass is 456 g/mol. The average molecular weight is 456 g/mol. The standard InChI is InChI=1S/C23H19F3N4O3/c1-32-12-18-8-17(10-29(18)13-28)30-11-21-16(9-27)5-15(7-20(21)22(30)31)14-3-2-4-19(6-14)33-23(24,25)26/h2-7,17-18H,8,10-12H2,1H3/t17-,18+/m1/s1. The number of fused-ring (bicyclic) bond motifs is 1. The van der Waals surface area contributed by atoms with Gasteiger partial charge >= 0.3 is 6.36 Å². The third-order valence-corrected chi connectivity index (χ3v) is 5.91. The molecule has 0 bridgehead atoms. The molecule has 0 radical (unpaired) electrons. The normalized spacial score (nSPS) is 19.9. The van der Waals surface area contributed by atoms with Crippen LogP contribution < -0.4 is 4.74 Å². The zero-order chi connectivity index (χ0) is 23.8. The first-order chi connectivity index (χ1) is 15.7. The second kappa shape index (κ2) is 8.64. The quantitative estimate of drug-likeness (QED) is 0.638. The van der Waals surface area contributed by atoms with Gasteiger partial charge in [-0.15, -0.1) is 13.2 Å². The van der Waals surface area contributed by atoms with Crippen molar-refractivity contribution in [2.24, 2.45) is 0 Å². The minimum atomic E-state index is -4.83. The van der Waals surface area contributed by atoms with Crippen molar-refractivity contribution in [2.45, 2.75) is 31.4 Å². The molecule has 1 saturated heterocycles. The molecule has 2 aromatic carbocycles. The third-order valence-electron chi connectivity index (χ3n) is 5.91. The largest absolute Gasteiger partial charge is 0.573 e. The fourth-order valence-electron chi connectivity index (χ4n) is 4.45. The predicted octanol–water partition coefficient (Wildman–Crippen LogP) is 3.65. The first-order valence-corrected chi connectivity index (χ1v) is 10.1. The Bertz CT molecular complexity index is 1170. The van der Waals surface area contributed by atoms with Gasteiger partial charge in [-0.2, -0.15) is 10.5 Å². The van der Waals surface area contributed by atoms with Crippen molar-refractivity contribution >= 4 is 5.91 Å². The summed E-state index contributed by atoms with van der Waals surface area (Å²) in [5.74, 6) is -0.661. The van der Waals surface area contributed by atoms with Gasteiger partial charge in [0.1, 0.15) is 5.75 Å². The number of halogens is 3. The van der Waals surface area contributed by atoms with Crippen molar-refractivity contribution in [2.75, 3.05) is 20.3 Å². The average Bonchev–Trinajstić information content (AvgIpc) is 3.33.